The predicted molar refractivity (Wildman–Crippen MR) is 65.5 cm³/mol. The highest BCUT2D eigenvalue weighted by atomic mass is 16.3. The van der Waals surface area contributed by atoms with Crippen molar-refractivity contribution in [3.63, 3.8) is 0 Å². The number of nitrogens with zero attached hydrogens (tertiary/aromatic N) is 2. The van der Waals surface area contributed by atoms with Crippen LogP contribution >= 0.6 is 0 Å². The van der Waals surface area contributed by atoms with Crippen LogP contribution in [-0.2, 0) is 0 Å². The number of aromatic amines is 1. The lowest BCUT2D eigenvalue weighted by atomic mass is 10.1. The van der Waals surface area contributed by atoms with Gasteiger partial charge in [-0.3, -0.25) is 9.59 Å². The number of aliphatic hydroxyl groups is 1. The first-order valence-electron chi connectivity index (χ1n) is 6.04. The van der Waals surface area contributed by atoms with Crippen LogP contribution in [-0.4, -0.2) is 45.1 Å². The minimum atomic E-state index is -0.506. The molecule has 18 heavy (non-hydrogen) atoms. The standard InChI is InChI=1S/C12H17N3O3/c1-7-8(2)14-11(17)10(13-7)12(18)15-5-3-4-9(16)6-15/h9,16H,3-6H2,1-2H3,(H,14,17). The number of rotatable bonds is 1. The van der Waals surface area contributed by atoms with Crippen molar-refractivity contribution in [1.29, 1.82) is 0 Å². The van der Waals surface area contributed by atoms with Crippen LogP contribution in [0.3, 0.4) is 0 Å². The summed E-state index contributed by atoms with van der Waals surface area (Å²) in [5.74, 6) is -0.405. The fraction of sp³-hybridized carbons (Fsp3) is 0.583. The summed E-state index contributed by atoms with van der Waals surface area (Å²) in [5, 5.41) is 9.54. The van der Waals surface area contributed by atoms with E-state index in [1.807, 2.05) is 0 Å². The van der Waals surface area contributed by atoms with Crippen molar-refractivity contribution in [2.45, 2.75) is 32.8 Å². The number of carbonyl (C=O) groups excluding carboxylic acids is 1. The number of hydrogen-bond donors (Lipinski definition) is 2. The number of H-pyrrole nitrogens is 1. The van der Waals surface area contributed by atoms with Gasteiger partial charge in [0.1, 0.15) is 0 Å². The quantitative estimate of drug-likeness (QED) is 0.734. The molecule has 1 aromatic rings. The molecule has 1 aliphatic heterocycles. The van der Waals surface area contributed by atoms with E-state index < -0.39 is 17.6 Å². The van der Waals surface area contributed by atoms with Gasteiger partial charge in [0.15, 0.2) is 5.69 Å². The van der Waals surface area contributed by atoms with E-state index in [-0.39, 0.29) is 12.2 Å². The number of likely N-dealkylation sites (tertiary alicyclic amines) is 1. The molecule has 6 heteroatoms. The number of β-amino-alcohol motifs (C(OH)–C–C–N with tert-alkyl or cyclic N) is 1. The topological polar surface area (TPSA) is 86.3 Å². The number of carbonyl (C=O) groups is 1. The molecule has 2 N–H and O–H groups in total. The molecule has 0 bridgehead atoms. The van der Waals surface area contributed by atoms with Gasteiger partial charge < -0.3 is 15.0 Å². The Hall–Kier alpha value is -1.69. The van der Waals surface area contributed by atoms with Gasteiger partial charge in [0.05, 0.1) is 11.8 Å². The zero-order valence-electron chi connectivity index (χ0n) is 10.6. The van der Waals surface area contributed by atoms with Crippen LogP contribution in [0, 0.1) is 13.8 Å². The number of nitrogens with one attached hydrogen (secondary N) is 1. The summed E-state index contributed by atoms with van der Waals surface area (Å²) in [6, 6.07) is 0. The highest BCUT2D eigenvalue weighted by Crippen LogP contribution is 2.11. The average Bonchev–Trinajstić information content (AvgIpc) is 2.33. The smallest absolute Gasteiger partial charge is 0.279 e. The fourth-order valence-corrected chi connectivity index (χ4v) is 2.06. The lowest BCUT2D eigenvalue weighted by molar-refractivity contribution is 0.0467. The predicted octanol–water partition coefficient (Wildman–Crippen LogP) is -0.0164. The van der Waals surface area contributed by atoms with Gasteiger partial charge in [0.25, 0.3) is 11.5 Å². The fourth-order valence-electron chi connectivity index (χ4n) is 2.06. The molecule has 1 unspecified atom stereocenters. The number of aromatic nitrogens is 2. The van der Waals surface area contributed by atoms with Crippen LogP contribution in [0.2, 0.25) is 0 Å². The maximum Gasteiger partial charge on any atom is 0.279 e. The van der Waals surface area contributed by atoms with Crippen LogP contribution in [0.1, 0.15) is 34.7 Å². The van der Waals surface area contributed by atoms with Gasteiger partial charge in [0, 0.05) is 18.8 Å². The van der Waals surface area contributed by atoms with Gasteiger partial charge in [-0.25, -0.2) is 4.98 Å². The summed E-state index contributed by atoms with van der Waals surface area (Å²) in [4.78, 5) is 32.0. The van der Waals surface area contributed by atoms with Gasteiger partial charge in [-0.15, -0.1) is 0 Å². The van der Waals surface area contributed by atoms with Crippen molar-refractivity contribution >= 4 is 5.91 Å². The summed E-state index contributed by atoms with van der Waals surface area (Å²) >= 11 is 0. The first-order valence-corrected chi connectivity index (χ1v) is 6.04. The van der Waals surface area contributed by atoms with Crippen LogP contribution in [0.5, 0.6) is 0 Å². The zero-order valence-corrected chi connectivity index (χ0v) is 10.6. The summed E-state index contributed by atoms with van der Waals surface area (Å²) in [6.07, 6.45) is 0.934. The third kappa shape index (κ3) is 2.43. The summed E-state index contributed by atoms with van der Waals surface area (Å²) in [7, 11) is 0. The molecule has 0 saturated carbocycles. The van der Waals surface area contributed by atoms with E-state index in [4.69, 9.17) is 0 Å². The van der Waals surface area contributed by atoms with Gasteiger partial charge in [-0.05, 0) is 26.7 Å². The summed E-state index contributed by atoms with van der Waals surface area (Å²) in [6.45, 7) is 4.31. The molecule has 1 atom stereocenters. The lowest BCUT2D eigenvalue weighted by Gasteiger charge is -2.29. The van der Waals surface area contributed by atoms with Crippen molar-refractivity contribution in [3.8, 4) is 0 Å². The van der Waals surface area contributed by atoms with Crippen LogP contribution in [0.4, 0.5) is 0 Å². The molecular formula is C12H17N3O3. The van der Waals surface area contributed by atoms with Crippen LogP contribution in [0.25, 0.3) is 0 Å². The van der Waals surface area contributed by atoms with Crippen molar-refractivity contribution < 1.29 is 9.90 Å². The van der Waals surface area contributed by atoms with Crippen molar-refractivity contribution in [3.05, 3.63) is 27.4 Å². The zero-order chi connectivity index (χ0) is 13.3. The van der Waals surface area contributed by atoms with E-state index in [9.17, 15) is 14.7 Å². The largest absolute Gasteiger partial charge is 0.391 e. The SMILES string of the molecule is Cc1nc(C(=O)N2CCCC(O)C2)c(=O)[nH]c1C. The van der Waals surface area contributed by atoms with E-state index >= 15 is 0 Å². The Balaban J connectivity index is 2.28. The van der Waals surface area contributed by atoms with E-state index in [2.05, 4.69) is 9.97 Å². The van der Waals surface area contributed by atoms with Crippen LogP contribution in [0.15, 0.2) is 4.79 Å². The highest BCUT2D eigenvalue weighted by Gasteiger charge is 2.26. The minimum absolute atomic E-state index is 0.0906. The van der Waals surface area contributed by atoms with Gasteiger partial charge >= 0.3 is 0 Å². The molecule has 0 spiro atoms. The number of piperidine rings is 1. The monoisotopic (exact) mass is 251 g/mol. The molecule has 1 aliphatic rings. The Morgan fingerprint density at radius 1 is 1.50 bits per heavy atom. The summed E-state index contributed by atoms with van der Waals surface area (Å²) < 4.78 is 0. The summed E-state index contributed by atoms with van der Waals surface area (Å²) in [5.41, 5.74) is 0.737. The van der Waals surface area contributed by atoms with Gasteiger partial charge in [-0.2, -0.15) is 0 Å². The van der Waals surface area contributed by atoms with Crippen molar-refractivity contribution in [2.24, 2.45) is 0 Å². The minimum Gasteiger partial charge on any atom is -0.391 e. The number of aliphatic hydroxyl groups excluding tert-OH is 1. The Kier molecular flexibility index (Phi) is 3.47. The second kappa shape index (κ2) is 4.89. The first-order chi connectivity index (χ1) is 8.49. The molecule has 6 nitrogen and oxygen atoms in total. The van der Waals surface area contributed by atoms with E-state index in [0.717, 1.165) is 6.42 Å². The maximum atomic E-state index is 12.2. The molecule has 1 amide bonds. The Bertz CT molecular complexity index is 524. The number of aryl methyl sites for hydroxylation is 2. The van der Waals surface area contributed by atoms with Gasteiger partial charge in [-0.1, -0.05) is 0 Å². The van der Waals surface area contributed by atoms with E-state index in [1.54, 1.807) is 13.8 Å². The molecule has 1 saturated heterocycles. The second-order valence-corrected chi connectivity index (χ2v) is 4.67. The molecule has 98 valence electrons. The third-order valence-electron chi connectivity index (χ3n) is 3.22. The molecule has 0 radical (unpaired) electrons. The van der Waals surface area contributed by atoms with Gasteiger partial charge in [0.2, 0.25) is 0 Å². The third-order valence-corrected chi connectivity index (χ3v) is 3.22. The average molecular weight is 251 g/mol. The number of amides is 1. The molecule has 1 fully saturated rings. The Labute approximate surface area is 105 Å². The molecule has 0 aliphatic carbocycles. The van der Waals surface area contributed by atoms with Crippen molar-refractivity contribution in [2.75, 3.05) is 13.1 Å². The van der Waals surface area contributed by atoms with E-state index in [0.29, 0.717) is 24.4 Å². The first kappa shape index (κ1) is 12.8. The molecule has 2 rings (SSSR count). The Morgan fingerprint density at radius 2 is 2.22 bits per heavy atom. The maximum absolute atomic E-state index is 12.2. The molecule has 2 heterocycles. The molecular weight excluding hydrogens is 234 g/mol. The highest BCUT2D eigenvalue weighted by molar-refractivity contribution is 5.92. The van der Waals surface area contributed by atoms with E-state index in [1.165, 1.54) is 4.90 Å². The normalized spacial score (nSPS) is 19.9. The van der Waals surface area contributed by atoms with Crippen molar-refractivity contribution in [1.82, 2.24) is 14.9 Å². The number of hydrogen-bond acceptors (Lipinski definition) is 4. The van der Waals surface area contributed by atoms with Crippen LogP contribution < -0.4 is 5.56 Å². The Morgan fingerprint density at radius 3 is 2.89 bits per heavy atom. The lowest BCUT2D eigenvalue weighted by Crippen LogP contribution is -2.44. The molecule has 1 aromatic heterocycles. The molecule has 0 aromatic carbocycles. The second-order valence-electron chi connectivity index (χ2n) is 4.67.